The van der Waals surface area contributed by atoms with E-state index < -0.39 is 21.1 Å². The van der Waals surface area contributed by atoms with Crippen molar-refractivity contribution in [2.24, 2.45) is 0 Å². The predicted molar refractivity (Wildman–Crippen MR) is 107 cm³/mol. The number of fused-ring (bicyclic) bond motifs is 1. The summed E-state index contributed by atoms with van der Waals surface area (Å²) in [6, 6.07) is 7.16. The highest BCUT2D eigenvalue weighted by atomic mass is 32.2. The van der Waals surface area contributed by atoms with E-state index >= 15 is 0 Å². The largest absolute Gasteiger partial charge is 0.486 e. The maximum absolute atomic E-state index is 11.7. The second-order valence-electron chi connectivity index (χ2n) is 6.87. The summed E-state index contributed by atoms with van der Waals surface area (Å²) in [4.78, 5) is 21.9. The molecule has 10 heteroatoms. The summed E-state index contributed by atoms with van der Waals surface area (Å²) in [7, 11) is -4.44. The van der Waals surface area contributed by atoms with E-state index in [0.29, 0.717) is 5.56 Å². The number of nitro benzene ring substituents is 1. The molecule has 9 nitrogen and oxygen atoms in total. The third kappa shape index (κ3) is 4.66. The molecule has 1 aliphatic rings. The normalized spacial score (nSPS) is 15.9. The van der Waals surface area contributed by atoms with E-state index in [1.54, 1.807) is 19.1 Å². The Morgan fingerprint density at radius 1 is 1.33 bits per heavy atom. The number of allylic oxidation sites excluding steroid dienone is 1. The number of nitro groups is 1. The molecular formula is C20H19NO8S. The number of nitrogens with zero attached hydrogens (tertiary/aromatic N) is 1. The molecule has 30 heavy (non-hydrogen) atoms. The van der Waals surface area contributed by atoms with Crippen molar-refractivity contribution in [2.75, 3.05) is 6.61 Å². The first kappa shape index (κ1) is 21.5. The third-order valence-corrected chi connectivity index (χ3v) is 5.42. The summed E-state index contributed by atoms with van der Waals surface area (Å²) in [5.74, 6) is 0.0750. The van der Waals surface area contributed by atoms with E-state index in [4.69, 9.17) is 9.47 Å². The van der Waals surface area contributed by atoms with Gasteiger partial charge in [-0.1, -0.05) is 17.7 Å². The van der Waals surface area contributed by atoms with Gasteiger partial charge in [-0.25, -0.2) is 0 Å². The quantitative estimate of drug-likeness (QED) is 0.318. The highest BCUT2D eigenvalue weighted by molar-refractivity contribution is 7.85. The van der Waals surface area contributed by atoms with Crippen LogP contribution >= 0.6 is 0 Å². The molecule has 0 bridgehead atoms. The molecule has 3 rings (SSSR count). The minimum atomic E-state index is -4.44. The summed E-state index contributed by atoms with van der Waals surface area (Å²) in [6.45, 7) is 3.16. The van der Waals surface area contributed by atoms with Crippen LogP contribution in [0.5, 0.6) is 11.5 Å². The molecule has 0 unspecified atom stereocenters. The van der Waals surface area contributed by atoms with Crippen LogP contribution in [0.15, 0.2) is 41.3 Å². The standard InChI is InChI=1S/C20H19NO8S/c1-12-3-8-19(30(25,26)27)14(9-12)10-15-11-28-18-7-6-17(21(23)24)16(20(18)29-15)5-4-13(2)22/h3-9,15H,10-11H2,1-2H3,(H,25,26,27)/t15-/m1/s1. The Balaban J connectivity index is 2.00. The summed E-state index contributed by atoms with van der Waals surface area (Å²) >= 11 is 0. The third-order valence-electron chi connectivity index (χ3n) is 4.47. The molecule has 2 aromatic carbocycles. The summed E-state index contributed by atoms with van der Waals surface area (Å²) in [5, 5.41) is 11.4. The van der Waals surface area contributed by atoms with Crippen LogP contribution in [0.1, 0.15) is 23.6 Å². The van der Waals surface area contributed by atoms with Crippen LogP contribution in [0.25, 0.3) is 6.08 Å². The molecule has 158 valence electrons. The van der Waals surface area contributed by atoms with Gasteiger partial charge in [-0.05, 0) is 43.7 Å². The van der Waals surface area contributed by atoms with Gasteiger partial charge in [0.05, 0.1) is 15.4 Å². The number of hydrogen-bond donors (Lipinski definition) is 1. The smallest absolute Gasteiger partial charge is 0.294 e. The van der Waals surface area contributed by atoms with E-state index in [1.807, 2.05) is 0 Å². The van der Waals surface area contributed by atoms with Crippen molar-refractivity contribution in [3.63, 3.8) is 0 Å². The van der Waals surface area contributed by atoms with Gasteiger partial charge in [0.1, 0.15) is 12.7 Å². The Morgan fingerprint density at radius 3 is 2.70 bits per heavy atom. The first-order valence-corrected chi connectivity index (χ1v) is 10.4. The van der Waals surface area contributed by atoms with Crippen molar-refractivity contribution in [3.05, 3.63) is 63.2 Å². The molecule has 0 spiro atoms. The second-order valence-corrected chi connectivity index (χ2v) is 8.26. The minimum absolute atomic E-state index is 0.0690. The molecule has 0 aliphatic carbocycles. The van der Waals surface area contributed by atoms with E-state index in [1.165, 1.54) is 37.3 Å². The monoisotopic (exact) mass is 433 g/mol. The van der Waals surface area contributed by atoms with Crippen LogP contribution in [-0.4, -0.2) is 36.4 Å². The molecular weight excluding hydrogens is 414 g/mol. The Morgan fingerprint density at radius 2 is 2.07 bits per heavy atom. The van der Waals surface area contributed by atoms with Gasteiger partial charge < -0.3 is 9.47 Å². The van der Waals surface area contributed by atoms with Gasteiger partial charge in [-0.2, -0.15) is 8.42 Å². The predicted octanol–water partition coefficient (Wildman–Crippen LogP) is 3.13. The van der Waals surface area contributed by atoms with Gasteiger partial charge in [0.2, 0.25) is 0 Å². The van der Waals surface area contributed by atoms with Crippen LogP contribution in [-0.2, 0) is 21.3 Å². The Bertz CT molecular complexity index is 1150. The first-order chi connectivity index (χ1) is 14.1. The van der Waals surface area contributed by atoms with E-state index in [-0.39, 0.29) is 46.5 Å². The molecule has 1 N–H and O–H groups in total. The average molecular weight is 433 g/mol. The second kappa shape index (κ2) is 8.25. The summed E-state index contributed by atoms with van der Waals surface area (Å²) in [5.41, 5.74) is 0.942. The number of ether oxygens (including phenoxy) is 2. The zero-order chi connectivity index (χ0) is 22.1. The first-order valence-electron chi connectivity index (χ1n) is 8.92. The van der Waals surface area contributed by atoms with E-state index in [0.717, 1.165) is 5.56 Å². The van der Waals surface area contributed by atoms with E-state index in [2.05, 4.69) is 0 Å². The van der Waals surface area contributed by atoms with Crippen LogP contribution < -0.4 is 9.47 Å². The molecule has 1 heterocycles. The van der Waals surface area contributed by atoms with Crippen molar-refractivity contribution in [2.45, 2.75) is 31.3 Å². The Kier molecular flexibility index (Phi) is 5.90. The zero-order valence-corrected chi connectivity index (χ0v) is 17.0. The fourth-order valence-corrected chi connectivity index (χ4v) is 3.89. The van der Waals surface area contributed by atoms with Crippen molar-refractivity contribution < 1.29 is 32.2 Å². The van der Waals surface area contributed by atoms with Gasteiger partial charge in [0.15, 0.2) is 17.3 Å². The fourth-order valence-electron chi connectivity index (χ4n) is 3.17. The molecule has 0 fully saturated rings. The molecule has 0 aromatic heterocycles. The molecule has 0 radical (unpaired) electrons. The molecule has 0 amide bonds. The summed E-state index contributed by atoms with van der Waals surface area (Å²) < 4.78 is 44.5. The number of carbonyl (C=O) groups excluding carboxylic acids is 1. The van der Waals surface area contributed by atoms with Crippen molar-refractivity contribution in [3.8, 4) is 11.5 Å². The molecule has 1 atom stereocenters. The average Bonchev–Trinajstić information content (AvgIpc) is 2.64. The molecule has 2 aromatic rings. The topological polar surface area (TPSA) is 133 Å². The molecule has 1 aliphatic heterocycles. The lowest BCUT2D eigenvalue weighted by atomic mass is 10.0. The lowest BCUT2D eigenvalue weighted by Gasteiger charge is -2.28. The van der Waals surface area contributed by atoms with Crippen LogP contribution in [0.3, 0.4) is 0 Å². The van der Waals surface area contributed by atoms with Crippen molar-refractivity contribution in [1.82, 2.24) is 0 Å². The van der Waals surface area contributed by atoms with E-state index in [9.17, 15) is 27.9 Å². The van der Waals surface area contributed by atoms with Gasteiger partial charge in [0, 0.05) is 12.5 Å². The van der Waals surface area contributed by atoms with Gasteiger partial charge in [0.25, 0.3) is 15.8 Å². The number of benzene rings is 2. The van der Waals surface area contributed by atoms with Crippen molar-refractivity contribution >= 4 is 27.7 Å². The van der Waals surface area contributed by atoms with Gasteiger partial charge >= 0.3 is 0 Å². The number of aryl methyl sites for hydroxylation is 1. The summed E-state index contributed by atoms with van der Waals surface area (Å²) in [6.07, 6.45) is 1.88. The van der Waals surface area contributed by atoms with Crippen LogP contribution in [0.2, 0.25) is 0 Å². The van der Waals surface area contributed by atoms with Crippen LogP contribution in [0, 0.1) is 17.0 Å². The lowest BCUT2D eigenvalue weighted by Crippen LogP contribution is -2.32. The molecule has 0 saturated carbocycles. The lowest BCUT2D eigenvalue weighted by molar-refractivity contribution is -0.385. The van der Waals surface area contributed by atoms with Crippen LogP contribution in [0.4, 0.5) is 5.69 Å². The van der Waals surface area contributed by atoms with Crippen molar-refractivity contribution in [1.29, 1.82) is 0 Å². The highest BCUT2D eigenvalue weighted by Crippen LogP contribution is 2.41. The number of carbonyl (C=O) groups is 1. The van der Waals surface area contributed by atoms with Gasteiger partial charge in [-0.3, -0.25) is 19.5 Å². The highest BCUT2D eigenvalue weighted by Gasteiger charge is 2.29. The maximum atomic E-state index is 11.7. The Hall–Kier alpha value is -3.24. The van der Waals surface area contributed by atoms with Gasteiger partial charge in [-0.15, -0.1) is 0 Å². The fraction of sp³-hybridized carbons (Fsp3) is 0.250. The number of rotatable bonds is 6. The molecule has 0 saturated heterocycles. The maximum Gasteiger partial charge on any atom is 0.294 e. The number of ketones is 1. The SMILES string of the molecule is CC(=O)C=Cc1c([N+](=O)[O-])ccc2c1O[C@H](Cc1cc(C)ccc1S(=O)(=O)O)CO2. The number of hydrogen-bond acceptors (Lipinski definition) is 7. The zero-order valence-electron chi connectivity index (χ0n) is 16.2. The Labute approximate surface area is 172 Å². The minimum Gasteiger partial charge on any atom is -0.486 e.